The van der Waals surface area contributed by atoms with Crippen LogP contribution in [0.5, 0.6) is 11.5 Å². The first-order chi connectivity index (χ1) is 18.1. The molecule has 37 heavy (non-hydrogen) atoms. The summed E-state index contributed by atoms with van der Waals surface area (Å²) in [4.78, 5) is 11.8. The van der Waals surface area contributed by atoms with Gasteiger partial charge >= 0.3 is 0 Å². The second-order valence-corrected chi connectivity index (χ2v) is 9.75. The Morgan fingerprint density at radius 3 is 2.24 bits per heavy atom. The maximum Gasteiger partial charge on any atom is 0.224 e. The van der Waals surface area contributed by atoms with E-state index in [1.165, 1.54) is 11.1 Å². The number of ether oxygens (including phenoxy) is 2. The summed E-state index contributed by atoms with van der Waals surface area (Å²) >= 11 is 0. The number of hydrogen-bond donors (Lipinski definition) is 2. The van der Waals surface area contributed by atoms with Crippen molar-refractivity contribution < 1.29 is 9.47 Å². The van der Waals surface area contributed by atoms with Crippen LogP contribution in [-0.2, 0) is 18.4 Å². The maximum atomic E-state index is 6.55. The molecule has 7 nitrogen and oxygen atoms in total. The number of rotatable bonds is 8. The summed E-state index contributed by atoms with van der Waals surface area (Å²) in [6.45, 7) is 2.97. The average molecular weight is 498 g/mol. The molecule has 1 aromatic heterocycles. The molecule has 5 rings (SSSR count). The van der Waals surface area contributed by atoms with E-state index in [0.29, 0.717) is 23.3 Å². The Morgan fingerprint density at radius 2 is 1.62 bits per heavy atom. The van der Waals surface area contributed by atoms with Crippen LogP contribution >= 0.6 is 0 Å². The molecular weight excluding hydrogens is 462 g/mol. The number of fused-ring (bicyclic) bond motifs is 1. The predicted molar refractivity (Wildman–Crippen MR) is 149 cm³/mol. The summed E-state index contributed by atoms with van der Waals surface area (Å²) in [5, 5.41) is 3.84. The van der Waals surface area contributed by atoms with Gasteiger partial charge in [-0.3, -0.25) is 4.90 Å². The number of nitrogens with one attached hydrogen (secondary N) is 1. The summed E-state index contributed by atoms with van der Waals surface area (Å²) in [7, 11) is 5.13. The van der Waals surface area contributed by atoms with E-state index < -0.39 is 0 Å². The molecule has 3 N–H and O–H groups in total. The second kappa shape index (κ2) is 10.6. The number of nitrogen functional groups attached to an aromatic ring is 1. The summed E-state index contributed by atoms with van der Waals surface area (Å²) < 4.78 is 11.7. The van der Waals surface area contributed by atoms with Crippen LogP contribution < -0.4 is 20.5 Å². The Bertz CT molecular complexity index is 1350. The Hall–Kier alpha value is -3.84. The number of aromatic nitrogens is 2. The minimum absolute atomic E-state index is 0.0882. The largest absolute Gasteiger partial charge is 0.493 e. The number of piperidine rings is 1. The fourth-order valence-corrected chi connectivity index (χ4v) is 5.70. The van der Waals surface area contributed by atoms with Crippen molar-refractivity contribution in [1.29, 1.82) is 0 Å². The Morgan fingerprint density at radius 1 is 0.946 bits per heavy atom. The van der Waals surface area contributed by atoms with Crippen molar-refractivity contribution in [3.05, 3.63) is 83.4 Å². The molecule has 0 amide bonds. The first kappa shape index (κ1) is 24.8. The van der Waals surface area contributed by atoms with Gasteiger partial charge in [-0.1, -0.05) is 60.7 Å². The minimum Gasteiger partial charge on any atom is -0.493 e. The number of benzene rings is 3. The van der Waals surface area contributed by atoms with Crippen LogP contribution in [0.25, 0.3) is 10.9 Å². The van der Waals surface area contributed by atoms with Gasteiger partial charge in [0.15, 0.2) is 11.5 Å². The molecule has 0 spiro atoms. The lowest BCUT2D eigenvalue weighted by Gasteiger charge is -2.43. The van der Waals surface area contributed by atoms with Crippen molar-refractivity contribution in [1.82, 2.24) is 14.9 Å². The number of methoxy groups -OCH3 is 2. The molecule has 1 aliphatic heterocycles. The third-order valence-corrected chi connectivity index (χ3v) is 7.64. The normalized spacial score (nSPS) is 15.4. The van der Waals surface area contributed by atoms with E-state index >= 15 is 0 Å². The molecule has 0 bridgehead atoms. The van der Waals surface area contributed by atoms with Gasteiger partial charge in [0.2, 0.25) is 5.95 Å². The molecule has 0 aliphatic carbocycles. The van der Waals surface area contributed by atoms with Crippen LogP contribution in [0.1, 0.15) is 29.5 Å². The zero-order valence-corrected chi connectivity index (χ0v) is 21.8. The van der Waals surface area contributed by atoms with Crippen LogP contribution in [0.3, 0.4) is 0 Å². The average Bonchev–Trinajstić information content (AvgIpc) is 2.94. The number of nitrogens with two attached hydrogens (primary N) is 1. The zero-order chi connectivity index (χ0) is 25.8. The molecule has 192 valence electrons. The van der Waals surface area contributed by atoms with Crippen molar-refractivity contribution in [3.8, 4) is 11.5 Å². The Kier molecular flexibility index (Phi) is 7.15. The SMILES string of the molecule is CNc1nc(N)c2c(CC3(c4ccccc4)CCN(Cc4ccccc4)CC3)c(OC)c(OC)cc2n1. The van der Waals surface area contributed by atoms with Gasteiger partial charge in [-0.25, -0.2) is 4.98 Å². The smallest absolute Gasteiger partial charge is 0.224 e. The molecule has 4 aromatic rings. The zero-order valence-electron chi connectivity index (χ0n) is 21.8. The topological polar surface area (TPSA) is 85.5 Å². The van der Waals surface area contributed by atoms with Crippen LogP contribution in [0.2, 0.25) is 0 Å². The van der Waals surface area contributed by atoms with Crippen molar-refractivity contribution in [3.63, 3.8) is 0 Å². The minimum atomic E-state index is -0.0882. The van der Waals surface area contributed by atoms with E-state index in [0.717, 1.165) is 55.4 Å². The van der Waals surface area contributed by atoms with Gasteiger partial charge in [-0.2, -0.15) is 4.98 Å². The highest BCUT2D eigenvalue weighted by molar-refractivity contribution is 5.95. The van der Waals surface area contributed by atoms with Crippen molar-refractivity contribution >= 4 is 22.7 Å². The van der Waals surface area contributed by atoms with E-state index in [2.05, 4.69) is 75.9 Å². The lowest BCUT2D eigenvalue weighted by atomic mass is 9.68. The highest BCUT2D eigenvalue weighted by Gasteiger charge is 2.38. The monoisotopic (exact) mass is 497 g/mol. The van der Waals surface area contributed by atoms with Crippen LogP contribution in [-0.4, -0.2) is 49.2 Å². The van der Waals surface area contributed by atoms with Gasteiger partial charge in [-0.15, -0.1) is 0 Å². The predicted octanol–water partition coefficient (Wildman–Crippen LogP) is 5.05. The van der Waals surface area contributed by atoms with Gasteiger partial charge < -0.3 is 20.5 Å². The summed E-state index contributed by atoms with van der Waals surface area (Å²) in [5.41, 5.74) is 10.9. The van der Waals surface area contributed by atoms with Gasteiger partial charge in [0.05, 0.1) is 19.7 Å². The molecule has 1 saturated heterocycles. The first-order valence-corrected chi connectivity index (χ1v) is 12.8. The molecular formula is C30H35N5O2. The van der Waals surface area contributed by atoms with E-state index in [1.807, 2.05) is 6.07 Å². The van der Waals surface area contributed by atoms with E-state index in [4.69, 9.17) is 20.2 Å². The fourth-order valence-electron chi connectivity index (χ4n) is 5.70. The molecule has 1 fully saturated rings. The molecule has 0 atom stereocenters. The summed E-state index contributed by atoms with van der Waals surface area (Å²) in [5.74, 6) is 2.27. The summed E-state index contributed by atoms with van der Waals surface area (Å²) in [6, 6.07) is 23.4. The van der Waals surface area contributed by atoms with Gasteiger partial charge in [0.1, 0.15) is 5.82 Å². The third-order valence-electron chi connectivity index (χ3n) is 7.64. The van der Waals surface area contributed by atoms with Crippen molar-refractivity contribution in [2.24, 2.45) is 0 Å². The Labute approximate surface area is 218 Å². The van der Waals surface area contributed by atoms with Crippen molar-refractivity contribution in [2.45, 2.75) is 31.2 Å². The van der Waals surface area contributed by atoms with E-state index in [9.17, 15) is 0 Å². The second-order valence-electron chi connectivity index (χ2n) is 9.75. The number of nitrogens with zero attached hydrogens (tertiary/aromatic N) is 3. The van der Waals surface area contributed by atoms with E-state index in [1.54, 1.807) is 21.3 Å². The van der Waals surface area contributed by atoms with Gasteiger partial charge in [0, 0.05) is 36.0 Å². The quantitative estimate of drug-likeness (QED) is 0.352. The lowest BCUT2D eigenvalue weighted by molar-refractivity contribution is 0.151. The highest BCUT2D eigenvalue weighted by Crippen LogP contribution is 2.46. The van der Waals surface area contributed by atoms with E-state index in [-0.39, 0.29) is 5.41 Å². The number of hydrogen-bond acceptors (Lipinski definition) is 7. The molecule has 0 unspecified atom stereocenters. The molecule has 1 aliphatic rings. The fraction of sp³-hybridized carbons (Fsp3) is 0.333. The summed E-state index contributed by atoms with van der Waals surface area (Å²) in [6.07, 6.45) is 2.78. The molecule has 3 aromatic carbocycles. The highest BCUT2D eigenvalue weighted by atomic mass is 16.5. The first-order valence-electron chi connectivity index (χ1n) is 12.8. The van der Waals surface area contributed by atoms with Gasteiger partial charge in [0.25, 0.3) is 0 Å². The molecule has 0 radical (unpaired) electrons. The Balaban J connectivity index is 1.57. The van der Waals surface area contributed by atoms with Gasteiger partial charge in [-0.05, 0) is 43.5 Å². The maximum absolute atomic E-state index is 6.55. The molecule has 0 saturated carbocycles. The third kappa shape index (κ3) is 4.91. The number of anilines is 2. The van der Waals surface area contributed by atoms with Crippen LogP contribution in [0.15, 0.2) is 66.7 Å². The number of likely N-dealkylation sites (tertiary alicyclic amines) is 1. The lowest BCUT2D eigenvalue weighted by Crippen LogP contribution is -2.43. The molecule has 7 heteroatoms. The standard InChI is InChI=1S/C30H35N5O2/c1-32-29-33-24-18-25(36-2)27(37-3)23(26(24)28(31)34-29)19-30(22-12-8-5-9-13-22)14-16-35(17-15-30)20-21-10-6-4-7-11-21/h4-13,18H,14-17,19-20H2,1-3H3,(H3,31,32,33,34). The van der Waals surface area contributed by atoms with Crippen LogP contribution in [0, 0.1) is 0 Å². The molecule has 2 heterocycles. The van der Waals surface area contributed by atoms with Crippen LogP contribution in [0.4, 0.5) is 11.8 Å². The van der Waals surface area contributed by atoms with Crippen molar-refractivity contribution in [2.75, 3.05) is 45.4 Å².